The molecule has 0 aromatic carbocycles. The summed E-state index contributed by atoms with van der Waals surface area (Å²) < 4.78 is 0.745. The highest BCUT2D eigenvalue weighted by Gasteiger charge is 2.90. The summed E-state index contributed by atoms with van der Waals surface area (Å²) in [5.74, 6) is 0. The van der Waals surface area contributed by atoms with E-state index in [4.69, 9.17) is 0 Å². The second kappa shape index (κ2) is 1.52. The average Bonchev–Trinajstić information content (AvgIpc) is 2.70. The molecule has 3 fully saturated rings. The van der Waals surface area contributed by atoms with Gasteiger partial charge in [-0.2, -0.15) is 0 Å². The van der Waals surface area contributed by atoms with Crippen molar-refractivity contribution in [1.82, 2.24) is 4.90 Å². The Morgan fingerprint density at radius 3 is 2.09 bits per heavy atom. The second-order valence-electron chi connectivity index (χ2n) is 4.83. The van der Waals surface area contributed by atoms with Gasteiger partial charge in [-0.25, -0.2) is 0 Å². The lowest BCUT2D eigenvalue weighted by Gasteiger charge is -2.22. The molecule has 3 aliphatic carbocycles. The standard InChI is InChI=1S/C9H14IN/c1-11(2)9-4-3-8(10)5-7(8,9)6-9/h3-6H2,1-2H3/t7-,8?,9?/m0/s1. The summed E-state index contributed by atoms with van der Waals surface area (Å²) in [5.41, 5.74) is 1.46. The SMILES string of the molecule is CN(C)C12CCC3(I)C[C@]31C2. The zero-order valence-electron chi connectivity index (χ0n) is 7.15. The van der Waals surface area contributed by atoms with Gasteiger partial charge in [0.05, 0.1) is 0 Å². The van der Waals surface area contributed by atoms with Crippen LogP contribution in [0.15, 0.2) is 0 Å². The maximum absolute atomic E-state index is 2.72. The lowest BCUT2D eigenvalue weighted by molar-refractivity contribution is 0.246. The third-order valence-electron chi connectivity index (χ3n) is 4.47. The molecule has 0 aromatic rings. The summed E-state index contributed by atoms with van der Waals surface area (Å²) in [7, 11) is 4.52. The topological polar surface area (TPSA) is 3.24 Å². The zero-order valence-corrected chi connectivity index (χ0v) is 9.31. The predicted molar refractivity (Wildman–Crippen MR) is 54.1 cm³/mol. The van der Waals surface area contributed by atoms with Crippen LogP contribution in [0.3, 0.4) is 0 Å². The van der Waals surface area contributed by atoms with Gasteiger partial charge < -0.3 is 4.90 Å². The molecule has 0 radical (unpaired) electrons. The molecule has 3 saturated carbocycles. The van der Waals surface area contributed by atoms with Gasteiger partial charge >= 0.3 is 0 Å². The van der Waals surface area contributed by atoms with Gasteiger partial charge in [0.25, 0.3) is 0 Å². The van der Waals surface area contributed by atoms with Crippen LogP contribution in [0, 0.1) is 5.41 Å². The molecule has 0 heterocycles. The Morgan fingerprint density at radius 2 is 1.91 bits per heavy atom. The fourth-order valence-electron chi connectivity index (χ4n) is 3.56. The number of alkyl halides is 1. The number of hydrogen-bond donors (Lipinski definition) is 0. The highest BCUT2D eigenvalue weighted by atomic mass is 127. The van der Waals surface area contributed by atoms with Crippen molar-refractivity contribution in [3.05, 3.63) is 0 Å². The minimum absolute atomic E-state index is 0.661. The number of halogens is 1. The van der Waals surface area contributed by atoms with Crippen LogP contribution in [0.25, 0.3) is 0 Å². The van der Waals surface area contributed by atoms with E-state index in [0.717, 1.165) is 8.84 Å². The maximum atomic E-state index is 2.72. The van der Waals surface area contributed by atoms with E-state index in [-0.39, 0.29) is 0 Å². The van der Waals surface area contributed by atoms with Crippen molar-refractivity contribution in [3.8, 4) is 0 Å². The van der Waals surface area contributed by atoms with Crippen LogP contribution in [-0.2, 0) is 0 Å². The maximum Gasteiger partial charge on any atom is 0.0304 e. The fourth-order valence-corrected chi connectivity index (χ4v) is 5.18. The zero-order chi connectivity index (χ0) is 7.91. The van der Waals surface area contributed by atoms with E-state index in [0.29, 0.717) is 5.54 Å². The van der Waals surface area contributed by atoms with Gasteiger partial charge in [0.2, 0.25) is 0 Å². The minimum atomic E-state index is 0.661. The Bertz CT molecular complexity index is 232. The van der Waals surface area contributed by atoms with Crippen molar-refractivity contribution in [3.63, 3.8) is 0 Å². The molecule has 3 rings (SSSR count). The van der Waals surface area contributed by atoms with Gasteiger partial charge in [0, 0.05) is 14.4 Å². The van der Waals surface area contributed by atoms with Gasteiger partial charge in [-0.05, 0) is 39.8 Å². The molecular formula is C9H14IN. The molecule has 0 aliphatic heterocycles. The average molecular weight is 263 g/mol. The molecule has 0 aromatic heterocycles. The molecule has 11 heavy (non-hydrogen) atoms. The molecule has 1 nitrogen and oxygen atoms in total. The lowest BCUT2D eigenvalue weighted by Crippen LogP contribution is -2.30. The van der Waals surface area contributed by atoms with E-state index in [1.54, 1.807) is 0 Å². The Hall–Kier alpha value is 0.690. The molecule has 0 bridgehead atoms. The third kappa shape index (κ3) is 0.512. The lowest BCUT2D eigenvalue weighted by atomic mass is 10.1. The smallest absolute Gasteiger partial charge is 0.0304 e. The third-order valence-corrected chi connectivity index (χ3v) is 6.42. The van der Waals surface area contributed by atoms with E-state index >= 15 is 0 Å². The molecule has 0 N–H and O–H groups in total. The molecule has 1 spiro atoms. The predicted octanol–water partition coefficient (Wildman–Crippen LogP) is 2.05. The first-order valence-corrected chi connectivity index (χ1v) is 5.51. The first kappa shape index (κ1) is 7.13. The molecule has 3 atom stereocenters. The van der Waals surface area contributed by atoms with Crippen LogP contribution in [0.4, 0.5) is 0 Å². The van der Waals surface area contributed by atoms with Gasteiger partial charge in [0.1, 0.15) is 0 Å². The largest absolute Gasteiger partial charge is 0.303 e. The van der Waals surface area contributed by atoms with Crippen molar-refractivity contribution in [2.75, 3.05) is 14.1 Å². The van der Waals surface area contributed by atoms with E-state index < -0.39 is 0 Å². The van der Waals surface area contributed by atoms with Gasteiger partial charge in [0.15, 0.2) is 0 Å². The molecule has 2 heteroatoms. The van der Waals surface area contributed by atoms with E-state index in [9.17, 15) is 0 Å². The summed E-state index contributed by atoms with van der Waals surface area (Å²) >= 11 is 2.72. The van der Waals surface area contributed by atoms with E-state index in [1.807, 2.05) is 0 Å². The number of rotatable bonds is 1. The normalized spacial score (nSPS) is 64.4. The van der Waals surface area contributed by atoms with Crippen LogP contribution in [0.1, 0.15) is 25.7 Å². The Labute approximate surface area is 81.7 Å². The van der Waals surface area contributed by atoms with Gasteiger partial charge in [-0.1, -0.05) is 22.6 Å². The van der Waals surface area contributed by atoms with Crippen molar-refractivity contribution < 1.29 is 0 Å². The number of hydrogen-bond acceptors (Lipinski definition) is 1. The molecule has 62 valence electrons. The summed E-state index contributed by atoms with van der Waals surface area (Å²) in [6, 6.07) is 0. The van der Waals surface area contributed by atoms with Crippen molar-refractivity contribution >= 4 is 22.6 Å². The summed E-state index contributed by atoms with van der Waals surface area (Å²) in [5, 5.41) is 0. The van der Waals surface area contributed by atoms with Crippen LogP contribution >= 0.6 is 22.6 Å². The fraction of sp³-hybridized carbons (Fsp3) is 1.00. The Balaban J connectivity index is 1.99. The Kier molecular flexibility index (Phi) is 0.986. The highest BCUT2D eigenvalue weighted by Crippen LogP contribution is 2.90. The van der Waals surface area contributed by atoms with Crippen LogP contribution in [-0.4, -0.2) is 28.0 Å². The monoisotopic (exact) mass is 263 g/mol. The minimum Gasteiger partial charge on any atom is -0.303 e. The molecule has 0 saturated heterocycles. The summed E-state index contributed by atoms with van der Waals surface area (Å²) in [4.78, 5) is 2.49. The Morgan fingerprint density at radius 1 is 1.18 bits per heavy atom. The quantitative estimate of drug-likeness (QED) is 0.517. The first-order chi connectivity index (χ1) is 5.06. The van der Waals surface area contributed by atoms with Crippen LogP contribution in [0.5, 0.6) is 0 Å². The van der Waals surface area contributed by atoms with Gasteiger partial charge in [-0.3, -0.25) is 0 Å². The molecule has 0 amide bonds. The summed E-state index contributed by atoms with van der Waals surface area (Å²) in [6.45, 7) is 0. The van der Waals surface area contributed by atoms with Crippen LogP contribution < -0.4 is 0 Å². The molecule has 2 unspecified atom stereocenters. The van der Waals surface area contributed by atoms with E-state index in [2.05, 4.69) is 41.6 Å². The van der Waals surface area contributed by atoms with Crippen molar-refractivity contribution in [1.29, 1.82) is 0 Å². The highest BCUT2D eigenvalue weighted by molar-refractivity contribution is 14.1. The van der Waals surface area contributed by atoms with Gasteiger partial charge in [-0.15, -0.1) is 0 Å². The van der Waals surface area contributed by atoms with Crippen LogP contribution in [0.2, 0.25) is 0 Å². The first-order valence-electron chi connectivity index (χ1n) is 4.43. The van der Waals surface area contributed by atoms with Crippen molar-refractivity contribution in [2.45, 2.75) is 34.6 Å². The molecular weight excluding hydrogens is 249 g/mol. The molecule has 3 aliphatic rings. The second-order valence-corrected chi connectivity index (χ2v) is 6.89. The summed E-state index contributed by atoms with van der Waals surface area (Å²) in [6.07, 6.45) is 5.95. The van der Waals surface area contributed by atoms with Crippen molar-refractivity contribution in [2.24, 2.45) is 5.41 Å². The van der Waals surface area contributed by atoms with E-state index in [1.165, 1.54) is 25.7 Å². The number of nitrogens with zero attached hydrogens (tertiary/aromatic N) is 1.